The second-order valence-electron chi connectivity index (χ2n) is 5.19. The molecule has 2 rings (SSSR count). The first-order chi connectivity index (χ1) is 10.5. The third kappa shape index (κ3) is 3.94. The summed E-state index contributed by atoms with van der Waals surface area (Å²) in [6.07, 6.45) is 3.67. The molecule has 1 heterocycles. The van der Waals surface area contributed by atoms with E-state index in [1.165, 1.54) is 12.1 Å². The van der Waals surface area contributed by atoms with Crippen molar-refractivity contribution in [3.63, 3.8) is 0 Å². The lowest BCUT2D eigenvalue weighted by Gasteiger charge is -2.14. The minimum Gasteiger partial charge on any atom is -0.369 e. The average Bonchev–Trinajstić information content (AvgIpc) is 2.91. The quantitative estimate of drug-likeness (QED) is 0.755. The van der Waals surface area contributed by atoms with Crippen LogP contribution in [0.2, 0.25) is 0 Å². The molecule has 2 aromatic rings. The van der Waals surface area contributed by atoms with E-state index in [0.717, 1.165) is 11.1 Å². The highest BCUT2D eigenvalue weighted by Crippen LogP contribution is 2.10. The first-order valence-corrected chi connectivity index (χ1v) is 6.92. The molecule has 0 saturated carbocycles. The van der Waals surface area contributed by atoms with Gasteiger partial charge in [0.1, 0.15) is 5.82 Å². The summed E-state index contributed by atoms with van der Waals surface area (Å²) >= 11 is 0. The van der Waals surface area contributed by atoms with Gasteiger partial charge < -0.3 is 16.0 Å². The van der Waals surface area contributed by atoms with Crippen LogP contribution in [-0.4, -0.2) is 23.3 Å². The summed E-state index contributed by atoms with van der Waals surface area (Å²) in [4.78, 5) is 26.4. The van der Waals surface area contributed by atoms with Gasteiger partial charge in [-0.3, -0.25) is 9.59 Å². The zero-order chi connectivity index (χ0) is 16.1. The number of aryl methyl sites for hydroxylation is 1. The van der Waals surface area contributed by atoms with E-state index >= 15 is 0 Å². The predicted molar refractivity (Wildman–Crippen MR) is 80.7 cm³/mol. The van der Waals surface area contributed by atoms with Gasteiger partial charge in [0.15, 0.2) is 0 Å². The molecule has 0 aliphatic heterocycles. The minimum atomic E-state index is -0.548. The van der Waals surface area contributed by atoms with E-state index in [-0.39, 0.29) is 18.3 Å². The number of carbonyl (C=O) groups excluding carboxylic acids is 2. The molecule has 116 valence electrons. The summed E-state index contributed by atoms with van der Waals surface area (Å²) in [6, 6.07) is 5.86. The van der Waals surface area contributed by atoms with Crippen LogP contribution in [0, 0.1) is 18.7 Å². The Labute approximate surface area is 127 Å². The molecule has 2 amide bonds. The van der Waals surface area contributed by atoms with E-state index in [4.69, 9.17) is 5.73 Å². The number of rotatable bonds is 6. The zero-order valence-corrected chi connectivity index (χ0v) is 12.2. The Morgan fingerprint density at radius 3 is 2.50 bits per heavy atom. The van der Waals surface area contributed by atoms with Crippen LogP contribution in [0.25, 0.3) is 0 Å². The highest BCUT2D eigenvalue weighted by Gasteiger charge is 2.18. The number of halogens is 1. The number of hydrogen-bond acceptors (Lipinski definition) is 2. The standard InChI is InChI=1S/C16H18FN3O2/c1-10-7-19-9-14(10)16(22)20-8-12(15(18)21)6-11-2-4-13(17)5-3-11/h2-5,7,9,12,19H,6,8H2,1H3,(H2,18,21)(H,20,22). The number of carbonyl (C=O) groups is 2. The molecule has 1 unspecified atom stereocenters. The van der Waals surface area contributed by atoms with E-state index in [9.17, 15) is 14.0 Å². The van der Waals surface area contributed by atoms with Gasteiger partial charge in [0.2, 0.25) is 5.91 Å². The number of H-pyrrole nitrogens is 1. The molecule has 0 fully saturated rings. The summed E-state index contributed by atoms with van der Waals surface area (Å²) < 4.78 is 12.9. The van der Waals surface area contributed by atoms with Crippen LogP contribution in [0.4, 0.5) is 4.39 Å². The normalized spacial score (nSPS) is 11.9. The van der Waals surface area contributed by atoms with Crippen LogP contribution in [0.5, 0.6) is 0 Å². The summed E-state index contributed by atoms with van der Waals surface area (Å²) in [5.41, 5.74) is 7.53. The fraction of sp³-hybridized carbons (Fsp3) is 0.250. The second-order valence-corrected chi connectivity index (χ2v) is 5.19. The second kappa shape index (κ2) is 6.89. The number of nitrogens with one attached hydrogen (secondary N) is 2. The Hall–Kier alpha value is -2.63. The molecule has 6 heteroatoms. The number of hydrogen-bond donors (Lipinski definition) is 3. The van der Waals surface area contributed by atoms with Crippen LogP contribution < -0.4 is 11.1 Å². The zero-order valence-electron chi connectivity index (χ0n) is 12.2. The predicted octanol–water partition coefficient (Wildman–Crippen LogP) is 1.54. The van der Waals surface area contributed by atoms with Crippen molar-refractivity contribution in [2.45, 2.75) is 13.3 Å². The number of nitrogens with two attached hydrogens (primary N) is 1. The molecule has 0 saturated heterocycles. The number of benzene rings is 1. The van der Waals surface area contributed by atoms with Crippen molar-refractivity contribution in [1.82, 2.24) is 10.3 Å². The summed E-state index contributed by atoms with van der Waals surface area (Å²) in [7, 11) is 0. The van der Waals surface area contributed by atoms with Crippen molar-refractivity contribution in [2.24, 2.45) is 11.7 Å². The van der Waals surface area contributed by atoms with E-state index in [1.807, 2.05) is 6.92 Å². The van der Waals surface area contributed by atoms with Gasteiger partial charge in [-0.1, -0.05) is 12.1 Å². The maximum atomic E-state index is 12.9. The number of amides is 2. The molecule has 0 bridgehead atoms. The topological polar surface area (TPSA) is 88.0 Å². The van der Waals surface area contributed by atoms with Gasteiger partial charge in [-0.2, -0.15) is 0 Å². The highest BCUT2D eigenvalue weighted by atomic mass is 19.1. The third-order valence-corrected chi connectivity index (χ3v) is 3.50. The van der Waals surface area contributed by atoms with Crippen molar-refractivity contribution in [2.75, 3.05) is 6.54 Å². The first-order valence-electron chi connectivity index (χ1n) is 6.92. The largest absolute Gasteiger partial charge is 0.369 e. The fourth-order valence-corrected chi connectivity index (χ4v) is 2.18. The lowest BCUT2D eigenvalue weighted by Crippen LogP contribution is -2.37. The van der Waals surface area contributed by atoms with Crippen LogP contribution in [0.15, 0.2) is 36.7 Å². The van der Waals surface area contributed by atoms with Gasteiger partial charge in [-0.15, -0.1) is 0 Å². The van der Waals surface area contributed by atoms with E-state index in [2.05, 4.69) is 10.3 Å². The van der Waals surface area contributed by atoms with Crippen molar-refractivity contribution >= 4 is 11.8 Å². The Bertz CT molecular complexity index is 664. The summed E-state index contributed by atoms with van der Waals surface area (Å²) in [5, 5.41) is 2.71. The molecule has 0 spiro atoms. The Kier molecular flexibility index (Phi) is 4.93. The smallest absolute Gasteiger partial charge is 0.253 e. The van der Waals surface area contributed by atoms with Crippen LogP contribution in [-0.2, 0) is 11.2 Å². The lowest BCUT2D eigenvalue weighted by atomic mass is 9.98. The SMILES string of the molecule is Cc1c[nH]cc1C(=O)NCC(Cc1ccc(F)cc1)C(N)=O. The van der Waals surface area contributed by atoms with Gasteiger partial charge >= 0.3 is 0 Å². The Morgan fingerprint density at radius 1 is 1.27 bits per heavy atom. The average molecular weight is 303 g/mol. The first kappa shape index (κ1) is 15.8. The monoisotopic (exact) mass is 303 g/mol. The van der Waals surface area contributed by atoms with Crippen molar-refractivity contribution in [1.29, 1.82) is 0 Å². The molecular formula is C16H18FN3O2. The molecule has 4 N–H and O–H groups in total. The van der Waals surface area contributed by atoms with E-state index in [1.54, 1.807) is 24.5 Å². The van der Waals surface area contributed by atoms with Crippen LogP contribution >= 0.6 is 0 Å². The number of primary amides is 1. The molecule has 5 nitrogen and oxygen atoms in total. The van der Waals surface area contributed by atoms with E-state index < -0.39 is 11.8 Å². The van der Waals surface area contributed by atoms with Gasteiger partial charge in [-0.05, 0) is 36.6 Å². The van der Waals surface area contributed by atoms with Crippen LogP contribution in [0.3, 0.4) is 0 Å². The van der Waals surface area contributed by atoms with Crippen LogP contribution in [0.1, 0.15) is 21.5 Å². The molecular weight excluding hydrogens is 285 g/mol. The van der Waals surface area contributed by atoms with Gasteiger partial charge in [-0.25, -0.2) is 4.39 Å². The molecule has 0 aliphatic carbocycles. The Morgan fingerprint density at radius 2 is 1.95 bits per heavy atom. The maximum Gasteiger partial charge on any atom is 0.253 e. The Balaban J connectivity index is 1.97. The third-order valence-electron chi connectivity index (χ3n) is 3.50. The van der Waals surface area contributed by atoms with Gasteiger partial charge in [0, 0.05) is 18.9 Å². The molecule has 22 heavy (non-hydrogen) atoms. The molecule has 1 atom stereocenters. The highest BCUT2D eigenvalue weighted by molar-refractivity contribution is 5.95. The van der Waals surface area contributed by atoms with Gasteiger partial charge in [0.25, 0.3) is 5.91 Å². The maximum absolute atomic E-state index is 12.9. The lowest BCUT2D eigenvalue weighted by molar-refractivity contribution is -0.121. The molecule has 1 aromatic heterocycles. The molecule has 0 aliphatic rings. The molecule has 0 radical (unpaired) electrons. The van der Waals surface area contributed by atoms with Crippen molar-refractivity contribution in [3.8, 4) is 0 Å². The van der Waals surface area contributed by atoms with Crippen molar-refractivity contribution < 1.29 is 14.0 Å². The van der Waals surface area contributed by atoms with Gasteiger partial charge in [0.05, 0.1) is 11.5 Å². The number of aromatic nitrogens is 1. The fourth-order valence-electron chi connectivity index (χ4n) is 2.18. The number of aromatic amines is 1. The summed E-state index contributed by atoms with van der Waals surface area (Å²) in [6.45, 7) is 1.95. The molecule has 1 aromatic carbocycles. The van der Waals surface area contributed by atoms with Crippen molar-refractivity contribution in [3.05, 3.63) is 59.2 Å². The minimum absolute atomic E-state index is 0.135. The summed E-state index contributed by atoms with van der Waals surface area (Å²) in [5.74, 6) is -1.65. The van der Waals surface area contributed by atoms with E-state index in [0.29, 0.717) is 12.0 Å².